The fourth-order valence-corrected chi connectivity index (χ4v) is 2.09. The summed E-state index contributed by atoms with van der Waals surface area (Å²) in [6.45, 7) is 0. The summed E-state index contributed by atoms with van der Waals surface area (Å²) >= 11 is 0. The maximum atomic E-state index is 11.8. The fourth-order valence-electron chi connectivity index (χ4n) is 1.45. The van der Waals surface area contributed by atoms with E-state index in [9.17, 15) is 28.1 Å². The molecule has 0 aromatic heterocycles. The highest BCUT2D eigenvalue weighted by molar-refractivity contribution is 7.85. The zero-order chi connectivity index (χ0) is 16.2. The van der Waals surface area contributed by atoms with E-state index in [2.05, 4.69) is 0 Å². The third-order valence-corrected chi connectivity index (χ3v) is 3.08. The fraction of sp³-hybridized carbons (Fsp3) is 0.200. The number of benzene rings is 1. The molecule has 0 saturated heterocycles. The number of carboxylic acids is 1. The van der Waals surface area contributed by atoms with E-state index < -0.39 is 50.0 Å². The number of carbonyl (C=O) groups excluding carboxylic acids is 1. The summed E-state index contributed by atoms with van der Waals surface area (Å²) in [4.78, 5) is 32.6. The smallest absolute Gasteiger partial charge is 0.327 e. The van der Waals surface area contributed by atoms with Gasteiger partial charge in [-0.3, -0.25) is 19.5 Å². The molecule has 0 fully saturated rings. The number of carboxylic acid groups (broad SMARTS) is 1. The summed E-state index contributed by atoms with van der Waals surface area (Å²) < 4.78 is 30.0. The van der Waals surface area contributed by atoms with Crippen molar-refractivity contribution in [2.75, 3.05) is 5.75 Å². The zero-order valence-corrected chi connectivity index (χ0v) is 11.1. The lowest BCUT2D eigenvalue weighted by atomic mass is 10.1. The monoisotopic (exact) mass is 318 g/mol. The van der Waals surface area contributed by atoms with Crippen LogP contribution in [0.5, 0.6) is 0 Å². The highest BCUT2D eigenvalue weighted by Crippen LogP contribution is 2.17. The minimum absolute atomic E-state index is 0.427. The lowest BCUT2D eigenvalue weighted by molar-refractivity contribution is -0.385. The number of nitrogens with one attached hydrogen (secondary N) is 1. The molecule has 1 amide bonds. The van der Waals surface area contributed by atoms with Crippen LogP contribution in [-0.4, -0.2) is 46.7 Å². The van der Waals surface area contributed by atoms with E-state index in [4.69, 9.17) is 9.66 Å². The summed E-state index contributed by atoms with van der Waals surface area (Å²) in [5.74, 6) is -4.10. The molecule has 1 aromatic carbocycles. The van der Waals surface area contributed by atoms with E-state index in [1.54, 1.807) is 5.32 Å². The molecular weight excluding hydrogens is 308 g/mol. The molecule has 1 atom stereocenters. The Kier molecular flexibility index (Phi) is 4.94. The van der Waals surface area contributed by atoms with Gasteiger partial charge in [0.15, 0.2) is 0 Å². The molecule has 0 saturated carbocycles. The second-order valence-electron chi connectivity index (χ2n) is 3.89. The molecule has 0 aliphatic heterocycles. The van der Waals surface area contributed by atoms with Crippen molar-refractivity contribution in [3.63, 3.8) is 0 Å². The number of carbonyl (C=O) groups is 2. The van der Waals surface area contributed by atoms with Gasteiger partial charge >= 0.3 is 5.97 Å². The average molecular weight is 318 g/mol. The van der Waals surface area contributed by atoms with Crippen LogP contribution in [0.1, 0.15) is 10.4 Å². The Morgan fingerprint density at radius 3 is 2.38 bits per heavy atom. The van der Waals surface area contributed by atoms with Crippen LogP contribution in [0.3, 0.4) is 0 Å². The summed E-state index contributed by atoms with van der Waals surface area (Å²) in [5.41, 5.74) is -0.991. The Morgan fingerprint density at radius 2 is 1.90 bits per heavy atom. The third kappa shape index (κ3) is 4.81. The lowest BCUT2D eigenvalue weighted by Crippen LogP contribution is -2.45. The zero-order valence-electron chi connectivity index (χ0n) is 10.3. The normalized spacial score (nSPS) is 12.4. The van der Waals surface area contributed by atoms with Gasteiger partial charge in [0.1, 0.15) is 17.4 Å². The maximum absolute atomic E-state index is 11.8. The summed E-state index contributed by atoms with van der Waals surface area (Å²) in [5, 5.41) is 21.3. The first-order valence-electron chi connectivity index (χ1n) is 5.34. The molecule has 0 unspecified atom stereocenters. The number of para-hydroxylation sites is 1. The molecule has 1 aromatic rings. The van der Waals surface area contributed by atoms with Crippen LogP contribution in [0.2, 0.25) is 0 Å². The van der Waals surface area contributed by atoms with E-state index >= 15 is 0 Å². The van der Waals surface area contributed by atoms with Gasteiger partial charge in [0.2, 0.25) is 0 Å². The van der Waals surface area contributed by atoms with Crippen LogP contribution in [-0.2, 0) is 14.9 Å². The topological polar surface area (TPSA) is 164 Å². The number of amides is 1. The molecule has 0 bridgehead atoms. The van der Waals surface area contributed by atoms with Crippen LogP contribution < -0.4 is 5.32 Å². The average Bonchev–Trinajstić information content (AvgIpc) is 2.36. The highest BCUT2D eigenvalue weighted by Gasteiger charge is 2.28. The number of aliphatic carboxylic acids is 1. The van der Waals surface area contributed by atoms with Crippen molar-refractivity contribution in [2.45, 2.75) is 6.04 Å². The van der Waals surface area contributed by atoms with Crippen LogP contribution in [0, 0.1) is 10.1 Å². The minimum atomic E-state index is -4.65. The molecule has 21 heavy (non-hydrogen) atoms. The van der Waals surface area contributed by atoms with Gasteiger partial charge in [-0.25, -0.2) is 4.79 Å². The van der Waals surface area contributed by atoms with Crippen molar-refractivity contribution in [1.29, 1.82) is 0 Å². The van der Waals surface area contributed by atoms with Crippen LogP contribution in [0.15, 0.2) is 24.3 Å². The highest BCUT2D eigenvalue weighted by atomic mass is 32.2. The lowest BCUT2D eigenvalue weighted by Gasteiger charge is -2.12. The number of hydrogen-bond donors (Lipinski definition) is 3. The van der Waals surface area contributed by atoms with Crippen LogP contribution in [0.25, 0.3) is 0 Å². The molecule has 1 rings (SSSR count). The SMILES string of the molecule is O=C(N[C@@H](CS(=O)(=O)O)C(=O)O)c1ccccc1[N+](=O)[O-]. The number of nitrogens with zero attached hydrogens (tertiary/aromatic N) is 1. The molecule has 0 aliphatic rings. The molecular formula is C10H10N2O8S. The molecule has 0 spiro atoms. The molecule has 0 aliphatic carbocycles. The van der Waals surface area contributed by atoms with Gasteiger partial charge in [-0.2, -0.15) is 8.42 Å². The van der Waals surface area contributed by atoms with E-state index in [0.29, 0.717) is 0 Å². The van der Waals surface area contributed by atoms with E-state index in [-0.39, 0.29) is 0 Å². The van der Waals surface area contributed by atoms with Gasteiger partial charge in [0.05, 0.1) is 4.92 Å². The Morgan fingerprint density at radius 1 is 1.33 bits per heavy atom. The first-order chi connectivity index (χ1) is 9.61. The quantitative estimate of drug-likeness (QED) is 0.364. The Balaban J connectivity index is 3.03. The van der Waals surface area contributed by atoms with Gasteiger partial charge < -0.3 is 10.4 Å². The van der Waals surface area contributed by atoms with Crippen molar-refractivity contribution in [3.8, 4) is 0 Å². The molecule has 10 nitrogen and oxygen atoms in total. The summed E-state index contributed by atoms with van der Waals surface area (Å²) in [6.07, 6.45) is 0. The molecule has 0 heterocycles. The number of hydrogen-bond acceptors (Lipinski definition) is 6. The summed E-state index contributed by atoms with van der Waals surface area (Å²) in [6, 6.07) is 2.81. The predicted octanol–water partition coefficient (Wildman–Crippen LogP) is -0.334. The number of nitro groups is 1. The van der Waals surface area contributed by atoms with Gasteiger partial charge in [-0.1, -0.05) is 12.1 Å². The number of rotatable bonds is 6. The van der Waals surface area contributed by atoms with Gasteiger partial charge in [0, 0.05) is 6.07 Å². The van der Waals surface area contributed by atoms with E-state index in [0.717, 1.165) is 12.1 Å². The largest absolute Gasteiger partial charge is 0.480 e. The standard InChI is InChI=1S/C10H10N2O8S/c13-9(6-3-1-2-4-8(6)12(16)17)11-7(10(14)15)5-21(18,19)20/h1-4,7H,5H2,(H,11,13)(H,14,15)(H,18,19,20)/t7-/m0/s1. The molecule has 3 N–H and O–H groups in total. The molecule has 114 valence electrons. The second kappa shape index (κ2) is 6.28. The van der Waals surface area contributed by atoms with Crippen molar-refractivity contribution in [1.82, 2.24) is 5.32 Å². The molecule has 0 radical (unpaired) electrons. The first kappa shape index (κ1) is 16.5. The Bertz CT molecular complexity index is 684. The summed E-state index contributed by atoms with van der Waals surface area (Å²) in [7, 11) is -4.65. The van der Waals surface area contributed by atoms with E-state index in [1.807, 2.05) is 0 Å². The Labute approximate surface area is 118 Å². The van der Waals surface area contributed by atoms with Gasteiger partial charge in [-0.15, -0.1) is 0 Å². The van der Waals surface area contributed by atoms with Crippen molar-refractivity contribution in [3.05, 3.63) is 39.9 Å². The van der Waals surface area contributed by atoms with Crippen LogP contribution in [0.4, 0.5) is 5.69 Å². The van der Waals surface area contributed by atoms with Crippen molar-refractivity contribution >= 4 is 27.7 Å². The van der Waals surface area contributed by atoms with Gasteiger partial charge in [0.25, 0.3) is 21.7 Å². The molecule has 11 heteroatoms. The van der Waals surface area contributed by atoms with Crippen LogP contribution >= 0.6 is 0 Å². The van der Waals surface area contributed by atoms with E-state index in [1.165, 1.54) is 12.1 Å². The van der Waals surface area contributed by atoms with Gasteiger partial charge in [-0.05, 0) is 6.07 Å². The maximum Gasteiger partial charge on any atom is 0.327 e. The van der Waals surface area contributed by atoms with Crippen molar-refractivity contribution in [2.24, 2.45) is 0 Å². The minimum Gasteiger partial charge on any atom is -0.480 e. The van der Waals surface area contributed by atoms with Crippen molar-refractivity contribution < 1.29 is 32.6 Å². The number of nitro benzene ring substituents is 1. The Hall–Kier alpha value is -2.53. The third-order valence-electron chi connectivity index (χ3n) is 2.33. The second-order valence-corrected chi connectivity index (χ2v) is 5.38. The first-order valence-corrected chi connectivity index (χ1v) is 6.95. The predicted molar refractivity (Wildman–Crippen MR) is 68.4 cm³/mol.